The molecule has 1 saturated heterocycles. The van der Waals surface area contributed by atoms with Crippen LogP contribution in [0.1, 0.15) is 32.6 Å². The smallest absolute Gasteiger partial charge is 0.356 e. The van der Waals surface area contributed by atoms with Crippen LogP contribution in [-0.4, -0.2) is 31.7 Å². The van der Waals surface area contributed by atoms with Crippen LogP contribution in [0.25, 0.3) is 0 Å². The van der Waals surface area contributed by atoms with E-state index in [-0.39, 0.29) is 30.6 Å². The molecule has 1 aliphatic heterocycles. The van der Waals surface area contributed by atoms with Crippen molar-refractivity contribution >= 4 is 5.91 Å². The normalized spacial score (nSPS) is 29.6. The van der Waals surface area contributed by atoms with E-state index in [1.165, 1.54) is 0 Å². The summed E-state index contributed by atoms with van der Waals surface area (Å²) in [4.78, 5) is 11.9. The Hall–Kier alpha value is -0.780. The van der Waals surface area contributed by atoms with Gasteiger partial charge in [-0.25, -0.2) is 0 Å². The Labute approximate surface area is 117 Å². The zero-order chi connectivity index (χ0) is 14.8. The molecule has 20 heavy (non-hydrogen) atoms. The zero-order valence-electron chi connectivity index (χ0n) is 11.8. The van der Waals surface area contributed by atoms with Crippen LogP contribution in [0.5, 0.6) is 0 Å². The first-order valence-electron chi connectivity index (χ1n) is 7.43. The summed E-state index contributed by atoms with van der Waals surface area (Å²) in [7, 11) is 0. The average molecular weight is 292 g/mol. The predicted molar refractivity (Wildman–Crippen MR) is 70.0 cm³/mol. The first-order valence-corrected chi connectivity index (χ1v) is 7.43. The second-order valence-corrected chi connectivity index (χ2v) is 6.22. The van der Waals surface area contributed by atoms with Gasteiger partial charge in [-0.15, -0.1) is 0 Å². The van der Waals surface area contributed by atoms with E-state index in [0.717, 1.165) is 19.5 Å². The minimum absolute atomic E-state index is 0.0226. The van der Waals surface area contributed by atoms with Crippen LogP contribution in [0.2, 0.25) is 0 Å². The van der Waals surface area contributed by atoms with Gasteiger partial charge in [0.15, 0.2) is 0 Å². The summed E-state index contributed by atoms with van der Waals surface area (Å²) < 4.78 is 38.1. The fourth-order valence-electron chi connectivity index (χ4n) is 3.06. The lowest BCUT2D eigenvalue weighted by Gasteiger charge is -2.33. The van der Waals surface area contributed by atoms with E-state index in [2.05, 4.69) is 10.6 Å². The first-order chi connectivity index (χ1) is 9.38. The number of carbonyl (C=O) groups excluding carboxylic acids is 1. The van der Waals surface area contributed by atoms with Gasteiger partial charge in [-0.3, -0.25) is 4.79 Å². The van der Waals surface area contributed by atoms with Gasteiger partial charge in [-0.1, -0.05) is 13.3 Å². The van der Waals surface area contributed by atoms with Gasteiger partial charge in [0.25, 0.3) is 0 Å². The van der Waals surface area contributed by atoms with Gasteiger partial charge in [0, 0.05) is 12.5 Å². The Morgan fingerprint density at radius 3 is 2.60 bits per heavy atom. The molecule has 0 aromatic carbocycles. The maximum Gasteiger partial charge on any atom is 0.391 e. The van der Waals surface area contributed by atoms with Gasteiger partial charge >= 0.3 is 6.18 Å². The molecule has 1 heterocycles. The van der Waals surface area contributed by atoms with E-state index in [0.29, 0.717) is 18.9 Å². The summed E-state index contributed by atoms with van der Waals surface area (Å²) in [5.41, 5.74) is 0. The molecule has 1 aliphatic carbocycles. The number of rotatable bonds is 4. The van der Waals surface area contributed by atoms with Gasteiger partial charge in [-0.2, -0.15) is 13.2 Å². The van der Waals surface area contributed by atoms with Gasteiger partial charge < -0.3 is 10.6 Å². The number of nitrogens with one attached hydrogen (secondary N) is 2. The van der Waals surface area contributed by atoms with Gasteiger partial charge in [0.05, 0.1) is 5.92 Å². The van der Waals surface area contributed by atoms with E-state index >= 15 is 0 Å². The van der Waals surface area contributed by atoms with E-state index in [9.17, 15) is 18.0 Å². The van der Waals surface area contributed by atoms with Crippen LogP contribution in [-0.2, 0) is 4.79 Å². The minimum atomic E-state index is -4.09. The lowest BCUT2D eigenvalue weighted by molar-refractivity contribution is -0.185. The summed E-state index contributed by atoms with van der Waals surface area (Å²) in [5, 5.41) is 5.96. The van der Waals surface area contributed by atoms with Gasteiger partial charge in [0.1, 0.15) is 0 Å². The molecule has 1 amide bonds. The number of halogens is 3. The fourth-order valence-corrected chi connectivity index (χ4v) is 3.06. The van der Waals surface area contributed by atoms with Crippen LogP contribution in [0, 0.1) is 23.7 Å². The number of carbonyl (C=O) groups is 1. The van der Waals surface area contributed by atoms with Crippen molar-refractivity contribution in [1.29, 1.82) is 0 Å². The Balaban J connectivity index is 1.74. The van der Waals surface area contributed by atoms with Crippen LogP contribution >= 0.6 is 0 Å². The molecular weight excluding hydrogens is 269 g/mol. The van der Waals surface area contributed by atoms with Crippen molar-refractivity contribution < 1.29 is 18.0 Å². The van der Waals surface area contributed by atoms with Crippen LogP contribution in [0.3, 0.4) is 0 Å². The van der Waals surface area contributed by atoms with Gasteiger partial charge in [0.2, 0.25) is 5.91 Å². The largest absolute Gasteiger partial charge is 0.391 e. The summed E-state index contributed by atoms with van der Waals surface area (Å²) >= 11 is 0. The molecule has 6 heteroatoms. The maximum absolute atomic E-state index is 12.7. The maximum atomic E-state index is 12.7. The highest BCUT2D eigenvalue weighted by molar-refractivity contribution is 5.78. The quantitative estimate of drug-likeness (QED) is 0.835. The molecule has 0 bridgehead atoms. The molecule has 3 atom stereocenters. The summed E-state index contributed by atoms with van der Waals surface area (Å²) in [6, 6.07) is 0. The Bertz CT molecular complexity index is 342. The number of hydrogen-bond donors (Lipinski definition) is 2. The standard InChI is InChI=1S/C14H23F3N2O/c1-9(11-7-18-8-11)13(20)19-6-10-3-2-4-12(5-10)14(15,16)17/h9-12,18H,2-8H2,1H3,(H,19,20). The molecule has 0 aromatic heterocycles. The molecule has 3 unspecified atom stereocenters. The summed E-state index contributed by atoms with van der Waals surface area (Å²) in [6.07, 6.45) is -2.31. The number of hydrogen-bond acceptors (Lipinski definition) is 2. The van der Waals surface area contributed by atoms with E-state index in [1.54, 1.807) is 0 Å². The topological polar surface area (TPSA) is 41.1 Å². The number of amides is 1. The molecule has 0 aromatic rings. The molecule has 116 valence electrons. The third-order valence-electron chi connectivity index (χ3n) is 4.74. The van der Waals surface area contributed by atoms with Crippen molar-refractivity contribution in [3.8, 4) is 0 Å². The predicted octanol–water partition coefficient (Wildman–Crippen LogP) is 2.33. The third kappa shape index (κ3) is 3.87. The Kier molecular flexibility index (Phi) is 4.94. The SMILES string of the molecule is CC(C(=O)NCC1CCCC(C(F)(F)F)C1)C1CNC1. The minimum Gasteiger partial charge on any atom is -0.356 e. The van der Waals surface area contributed by atoms with Crippen LogP contribution < -0.4 is 10.6 Å². The highest BCUT2D eigenvalue weighted by atomic mass is 19.4. The highest BCUT2D eigenvalue weighted by Gasteiger charge is 2.42. The summed E-state index contributed by atoms with van der Waals surface area (Å²) in [5.74, 6) is -0.939. The van der Waals surface area contributed by atoms with E-state index < -0.39 is 12.1 Å². The van der Waals surface area contributed by atoms with Crippen molar-refractivity contribution in [3.63, 3.8) is 0 Å². The first kappa shape index (κ1) is 15.6. The monoisotopic (exact) mass is 292 g/mol. The molecule has 2 N–H and O–H groups in total. The lowest BCUT2D eigenvalue weighted by atomic mass is 9.81. The third-order valence-corrected chi connectivity index (χ3v) is 4.74. The van der Waals surface area contributed by atoms with E-state index in [4.69, 9.17) is 0 Å². The van der Waals surface area contributed by atoms with Crippen molar-refractivity contribution in [2.45, 2.75) is 38.8 Å². The molecule has 2 fully saturated rings. The Morgan fingerprint density at radius 1 is 1.35 bits per heavy atom. The number of alkyl halides is 3. The van der Waals surface area contributed by atoms with Crippen LogP contribution in [0.15, 0.2) is 0 Å². The van der Waals surface area contributed by atoms with Crippen molar-refractivity contribution in [3.05, 3.63) is 0 Å². The lowest BCUT2D eigenvalue weighted by Crippen LogP contribution is -2.50. The van der Waals surface area contributed by atoms with Crippen molar-refractivity contribution in [1.82, 2.24) is 10.6 Å². The molecule has 0 spiro atoms. The summed E-state index contributed by atoms with van der Waals surface area (Å²) in [6.45, 7) is 3.98. The van der Waals surface area contributed by atoms with E-state index in [1.807, 2.05) is 6.92 Å². The Morgan fingerprint density at radius 2 is 2.05 bits per heavy atom. The zero-order valence-corrected chi connectivity index (χ0v) is 11.8. The molecule has 2 rings (SSSR count). The highest BCUT2D eigenvalue weighted by Crippen LogP contribution is 2.39. The van der Waals surface area contributed by atoms with Gasteiger partial charge in [-0.05, 0) is 44.2 Å². The average Bonchev–Trinajstić information content (AvgIpc) is 2.33. The molecule has 1 saturated carbocycles. The second-order valence-electron chi connectivity index (χ2n) is 6.22. The molecule has 3 nitrogen and oxygen atoms in total. The van der Waals surface area contributed by atoms with Crippen molar-refractivity contribution in [2.75, 3.05) is 19.6 Å². The fraction of sp³-hybridized carbons (Fsp3) is 0.929. The molecule has 0 radical (unpaired) electrons. The van der Waals surface area contributed by atoms with Crippen LogP contribution in [0.4, 0.5) is 13.2 Å². The van der Waals surface area contributed by atoms with Crippen molar-refractivity contribution in [2.24, 2.45) is 23.7 Å². The molecule has 2 aliphatic rings. The molecular formula is C14H23F3N2O. The second kappa shape index (κ2) is 6.33.